The molecule has 2 rings (SSSR count). The van der Waals surface area contributed by atoms with Gasteiger partial charge in [0.15, 0.2) is 0 Å². The Labute approximate surface area is 117 Å². The van der Waals surface area contributed by atoms with Crippen molar-refractivity contribution >= 4 is 11.6 Å². The molecule has 0 bridgehead atoms. The van der Waals surface area contributed by atoms with E-state index in [1.807, 2.05) is 33.2 Å². The maximum Gasteiger partial charge on any atom is 0.128 e. The summed E-state index contributed by atoms with van der Waals surface area (Å²) in [5.41, 5.74) is 3.73. The van der Waals surface area contributed by atoms with Crippen LogP contribution >= 0.6 is 11.6 Å². The molecule has 0 amide bonds. The average Bonchev–Trinajstić information content (AvgIpc) is 2.82. The number of nitrogens with zero attached hydrogens (tertiary/aromatic N) is 4. The first-order chi connectivity index (χ1) is 9.02. The van der Waals surface area contributed by atoms with Gasteiger partial charge in [-0.1, -0.05) is 5.21 Å². The first kappa shape index (κ1) is 13.8. The summed E-state index contributed by atoms with van der Waals surface area (Å²) in [6.07, 6.45) is 3.65. The summed E-state index contributed by atoms with van der Waals surface area (Å²) in [5, 5.41) is 7.93. The molecule has 5 nitrogen and oxygen atoms in total. The second-order valence-corrected chi connectivity index (χ2v) is 5.16. The summed E-state index contributed by atoms with van der Waals surface area (Å²) in [6, 6.07) is 0. The normalized spacial score (nSPS) is 12.5. The van der Waals surface area contributed by atoms with Crippen LogP contribution in [0, 0.1) is 13.8 Å². The molecule has 1 atom stereocenters. The number of methoxy groups -OCH3 is 1. The lowest BCUT2D eigenvalue weighted by Crippen LogP contribution is -2.06. The number of hydrogen-bond donors (Lipinski definition) is 0. The molecule has 1 unspecified atom stereocenters. The number of aromatic nitrogens is 4. The minimum absolute atomic E-state index is 0.143. The minimum atomic E-state index is -0.143. The fraction of sp³-hybridized carbons (Fsp3) is 0.462. The maximum atomic E-state index is 5.97. The van der Waals surface area contributed by atoms with Gasteiger partial charge in [-0.15, -0.1) is 16.7 Å². The second kappa shape index (κ2) is 5.57. The lowest BCUT2D eigenvalue weighted by atomic mass is 10.1. The van der Waals surface area contributed by atoms with Crippen molar-refractivity contribution in [2.45, 2.75) is 32.7 Å². The van der Waals surface area contributed by atoms with Gasteiger partial charge in [-0.05, 0) is 20.8 Å². The van der Waals surface area contributed by atoms with E-state index in [0.717, 1.165) is 28.3 Å². The largest absolute Gasteiger partial charge is 0.496 e. The molecule has 0 fully saturated rings. The van der Waals surface area contributed by atoms with Crippen molar-refractivity contribution in [2.24, 2.45) is 0 Å². The summed E-state index contributed by atoms with van der Waals surface area (Å²) in [5.74, 6) is 0.871. The Morgan fingerprint density at radius 2 is 2.16 bits per heavy atom. The van der Waals surface area contributed by atoms with Crippen molar-refractivity contribution in [3.63, 3.8) is 0 Å². The van der Waals surface area contributed by atoms with Gasteiger partial charge in [0.05, 0.1) is 30.9 Å². The van der Waals surface area contributed by atoms with Crippen LogP contribution in [0.3, 0.4) is 0 Å². The third kappa shape index (κ3) is 2.87. The number of hydrogen-bond acceptors (Lipinski definition) is 4. The van der Waals surface area contributed by atoms with E-state index in [2.05, 4.69) is 15.3 Å². The predicted octanol–water partition coefficient (Wildman–Crippen LogP) is 2.65. The van der Waals surface area contributed by atoms with Crippen LogP contribution in [0.25, 0.3) is 0 Å². The van der Waals surface area contributed by atoms with Crippen LogP contribution < -0.4 is 4.74 Å². The fourth-order valence-corrected chi connectivity index (χ4v) is 2.06. The van der Waals surface area contributed by atoms with E-state index in [1.165, 1.54) is 0 Å². The van der Waals surface area contributed by atoms with Crippen LogP contribution in [0.4, 0.5) is 0 Å². The SMILES string of the molecule is COc1c(C)cnc(Cn2cc(C(C)Cl)nn2)c1C. The zero-order valence-corrected chi connectivity index (χ0v) is 12.3. The molecule has 0 spiro atoms. The fourth-order valence-electron chi connectivity index (χ4n) is 1.96. The molecule has 0 aliphatic rings. The van der Waals surface area contributed by atoms with Crippen LogP contribution in [0.5, 0.6) is 5.75 Å². The van der Waals surface area contributed by atoms with E-state index in [0.29, 0.717) is 6.54 Å². The third-order valence-corrected chi connectivity index (χ3v) is 3.25. The van der Waals surface area contributed by atoms with E-state index < -0.39 is 0 Å². The number of rotatable bonds is 4. The van der Waals surface area contributed by atoms with Crippen LogP contribution in [0.1, 0.15) is 34.8 Å². The second-order valence-electron chi connectivity index (χ2n) is 4.50. The Balaban J connectivity index is 2.28. The molecule has 0 N–H and O–H groups in total. The zero-order chi connectivity index (χ0) is 14.0. The van der Waals surface area contributed by atoms with Crippen molar-refractivity contribution in [3.8, 4) is 5.75 Å². The molecule has 0 saturated carbocycles. The van der Waals surface area contributed by atoms with Gasteiger partial charge in [0.25, 0.3) is 0 Å². The molecule has 2 aromatic rings. The van der Waals surface area contributed by atoms with Crippen molar-refractivity contribution in [2.75, 3.05) is 7.11 Å². The Hall–Kier alpha value is -1.62. The Kier molecular flexibility index (Phi) is 4.04. The van der Waals surface area contributed by atoms with E-state index in [4.69, 9.17) is 16.3 Å². The molecule has 0 aliphatic carbocycles. The standard InChI is InChI=1S/C13H17ClN4O/c1-8-5-15-11(9(2)13(8)19-4)6-18-7-12(10(3)14)16-17-18/h5,7,10H,6H2,1-4H3. The molecular weight excluding hydrogens is 264 g/mol. The summed E-state index contributed by atoms with van der Waals surface area (Å²) in [4.78, 5) is 4.43. The van der Waals surface area contributed by atoms with Crippen molar-refractivity contribution in [3.05, 3.63) is 34.9 Å². The van der Waals surface area contributed by atoms with Crippen molar-refractivity contribution in [1.82, 2.24) is 20.0 Å². The number of ether oxygens (including phenoxy) is 1. The maximum absolute atomic E-state index is 5.97. The lowest BCUT2D eigenvalue weighted by molar-refractivity contribution is 0.406. The smallest absolute Gasteiger partial charge is 0.128 e. The summed E-state index contributed by atoms with van der Waals surface area (Å²) in [6.45, 7) is 6.40. The number of alkyl halides is 1. The highest BCUT2D eigenvalue weighted by Crippen LogP contribution is 2.24. The molecule has 2 heterocycles. The molecule has 0 saturated heterocycles. The Morgan fingerprint density at radius 3 is 2.74 bits per heavy atom. The van der Waals surface area contributed by atoms with Gasteiger partial charge in [-0.25, -0.2) is 4.68 Å². The van der Waals surface area contributed by atoms with E-state index in [9.17, 15) is 0 Å². The first-order valence-electron chi connectivity index (χ1n) is 6.06. The average molecular weight is 281 g/mol. The predicted molar refractivity (Wildman–Crippen MR) is 73.7 cm³/mol. The van der Waals surface area contributed by atoms with Crippen molar-refractivity contribution in [1.29, 1.82) is 0 Å². The highest BCUT2D eigenvalue weighted by atomic mass is 35.5. The number of aryl methyl sites for hydroxylation is 1. The van der Waals surface area contributed by atoms with Crippen LogP contribution in [0.15, 0.2) is 12.4 Å². The van der Waals surface area contributed by atoms with E-state index in [1.54, 1.807) is 11.8 Å². The highest BCUT2D eigenvalue weighted by Gasteiger charge is 2.12. The topological polar surface area (TPSA) is 52.8 Å². The van der Waals surface area contributed by atoms with Gasteiger partial charge in [0, 0.05) is 17.3 Å². The number of pyridine rings is 1. The van der Waals surface area contributed by atoms with Gasteiger partial charge in [0.2, 0.25) is 0 Å². The Morgan fingerprint density at radius 1 is 1.42 bits per heavy atom. The van der Waals surface area contributed by atoms with Gasteiger partial charge in [-0.2, -0.15) is 0 Å². The van der Waals surface area contributed by atoms with Crippen LogP contribution in [0.2, 0.25) is 0 Å². The summed E-state index contributed by atoms with van der Waals surface area (Å²) >= 11 is 5.97. The first-order valence-corrected chi connectivity index (χ1v) is 6.49. The van der Waals surface area contributed by atoms with Crippen LogP contribution in [-0.2, 0) is 6.54 Å². The lowest BCUT2D eigenvalue weighted by Gasteiger charge is -2.11. The summed E-state index contributed by atoms with van der Waals surface area (Å²) in [7, 11) is 1.67. The molecule has 0 radical (unpaired) electrons. The van der Waals surface area contributed by atoms with Gasteiger partial charge < -0.3 is 4.74 Å². The quantitative estimate of drug-likeness (QED) is 0.808. The highest BCUT2D eigenvalue weighted by molar-refractivity contribution is 6.20. The van der Waals surface area contributed by atoms with E-state index >= 15 is 0 Å². The number of halogens is 1. The summed E-state index contributed by atoms with van der Waals surface area (Å²) < 4.78 is 7.13. The monoisotopic (exact) mass is 280 g/mol. The van der Waals surface area contributed by atoms with Gasteiger partial charge in [-0.3, -0.25) is 4.98 Å². The molecular formula is C13H17ClN4O. The van der Waals surface area contributed by atoms with Crippen LogP contribution in [-0.4, -0.2) is 27.1 Å². The van der Waals surface area contributed by atoms with Gasteiger partial charge in [0.1, 0.15) is 11.4 Å². The van der Waals surface area contributed by atoms with Crippen molar-refractivity contribution < 1.29 is 4.74 Å². The zero-order valence-electron chi connectivity index (χ0n) is 11.5. The molecule has 0 aliphatic heterocycles. The molecule has 2 aromatic heterocycles. The molecule has 6 heteroatoms. The molecule has 19 heavy (non-hydrogen) atoms. The minimum Gasteiger partial charge on any atom is -0.496 e. The third-order valence-electron chi connectivity index (χ3n) is 3.03. The molecule has 0 aromatic carbocycles. The van der Waals surface area contributed by atoms with Gasteiger partial charge >= 0.3 is 0 Å². The molecule has 102 valence electrons. The van der Waals surface area contributed by atoms with E-state index in [-0.39, 0.29) is 5.38 Å². The Bertz CT molecular complexity index is 580.